The Morgan fingerprint density at radius 3 is 1.56 bits per heavy atom. The van der Waals surface area contributed by atoms with Crippen molar-refractivity contribution in [1.29, 1.82) is 0 Å². The normalized spacial score (nSPS) is 12.5. The molecule has 0 radical (unpaired) electrons. The van der Waals surface area contributed by atoms with Crippen LogP contribution in [0.3, 0.4) is 0 Å². The molecule has 6 aromatic carbocycles. The maximum atomic E-state index is 5.43. The zero-order valence-corrected chi connectivity index (χ0v) is 40.3. The Balaban J connectivity index is 0.000000150. The van der Waals surface area contributed by atoms with E-state index in [4.69, 9.17) is 14.2 Å². The smallest absolute Gasteiger partial charge is 0.231 e. The van der Waals surface area contributed by atoms with E-state index in [1.807, 2.05) is 36.1 Å². The molecule has 3 heterocycles. The minimum atomic E-state index is 0.231. The van der Waals surface area contributed by atoms with Gasteiger partial charge in [0.05, 0.1) is 18.3 Å². The van der Waals surface area contributed by atoms with E-state index < -0.39 is 0 Å². The molecule has 1 aromatic heterocycles. The zero-order chi connectivity index (χ0) is 45.7. The molecule has 2 aliphatic heterocycles. The number of aryl methyl sites for hydroxylation is 1. The van der Waals surface area contributed by atoms with Crippen LogP contribution in [-0.4, -0.2) is 23.2 Å². The number of hydrogen-bond acceptors (Lipinski definition) is 4. The Morgan fingerprint density at radius 2 is 0.984 bits per heavy atom. The molecule has 7 aromatic rings. The Labute approximate surface area is 379 Å². The lowest BCUT2D eigenvalue weighted by molar-refractivity contribution is 0.174. The molecular formula is C58H72N2O3. The summed E-state index contributed by atoms with van der Waals surface area (Å²) in [6.07, 6.45) is 3.00. The fraction of sp³-hybridized carbons (Fsp3) is 0.362. The highest BCUT2D eigenvalue weighted by atomic mass is 16.7. The Hall–Kier alpha value is -5.81. The molecule has 332 valence electrons. The van der Waals surface area contributed by atoms with Crippen LogP contribution >= 0.6 is 0 Å². The second-order valence-electron chi connectivity index (χ2n) is 19.4. The standard InChI is InChI=1S/C16H18.C11H14N2.C11H14O.C10H12O2.C10H14/c1-16(2,3)15-11-9-14(10-12-15)13-7-5-4-6-8-13;1-8(2)9-4-5-11-10(6-9)7-12-13(11)3;1-8(2)9-3-4-11-10(7-9)5-6-12-11;1-7(2)8-3-4-9-10(5-8)12-6-11-9;1-10(2,3)9-7-5-4-6-8-9/h4-12H,1-3H3;4-8H,1-3H3;3-4,7-8H,5-6H2,1-2H3;3-5,7H,6H2,1-2H3;4-8H,1-3H3. The molecule has 0 spiro atoms. The van der Waals surface area contributed by atoms with E-state index in [0.717, 1.165) is 30.3 Å². The van der Waals surface area contributed by atoms with Crippen LogP contribution in [0, 0.1) is 0 Å². The van der Waals surface area contributed by atoms with Crippen molar-refractivity contribution in [2.75, 3.05) is 13.4 Å². The summed E-state index contributed by atoms with van der Waals surface area (Å²) in [6, 6.07) is 49.1. The summed E-state index contributed by atoms with van der Waals surface area (Å²) >= 11 is 0. The Morgan fingerprint density at radius 1 is 0.492 bits per heavy atom. The minimum Gasteiger partial charge on any atom is -0.493 e. The van der Waals surface area contributed by atoms with Crippen LogP contribution in [0.1, 0.15) is 134 Å². The monoisotopic (exact) mass is 845 g/mol. The lowest BCUT2D eigenvalue weighted by Crippen LogP contribution is -2.10. The Bertz CT molecular complexity index is 2390. The zero-order valence-electron chi connectivity index (χ0n) is 40.3. The summed E-state index contributed by atoms with van der Waals surface area (Å²) in [7, 11) is 1.97. The first-order valence-electron chi connectivity index (χ1n) is 22.7. The van der Waals surface area contributed by atoms with E-state index in [0.29, 0.717) is 30.0 Å². The van der Waals surface area contributed by atoms with Crippen LogP contribution < -0.4 is 14.2 Å². The van der Waals surface area contributed by atoms with Gasteiger partial charge in [0.25, 0.3) is 0 Å². The second kappa shape index (κ2) is 22.0. The van der Waals surface area contributed by atoms with E-state index in [-0.39, 0.29) is 5.41 Å². The molecule has 9 rings (SSSR count). The van der Waals surface area contributed by atoms with Crippen molar-refractivity contribution >= 4 is 10.9 Å². The molecule has 0 amide bonds. The van der Waals surface area contributed by atoms with E-state index in [2.05, 4.69) is 210 Å². The highest BCUT2D eigenvalue weighted by Crippen LogP contribution is 2.34. The topological polar surface area (TPSA) is 45.5 Å². The molecule has 0 atom stereocenters. The van der Waals surface area contributed by atoms with Gasteiger partial charge >= 0.3 is 0 Å². The first-order chi connectivity index (χ1) is 29.9. The molecule has 0 saturated heterocycles. The average Bonchev–Trinajstić information content (AvgIpc) is 4.04. The lowest BCUT2D eigenvalue weighted by atomic mass is 9.86. The van der Waals surface area contributed by atoms with Crippen molar-refractivity contribution in [3.8, 4) is 28.4 Å². The first-order valence-corrected chi connectivity index (χ1v) is 22.7. The van der Waals surface area contributed by atoms with E-state index >= 15 is 0 Å². The molecule has 63 heavy (non-hydrogen) atoms. The molecule has 0 N–H and O–H groups in total. The minimum absolute atomic E-state index is 0.231. The summed E-state index contributed by atoms with van der Waals surface area (Å²) in [5.41, 5.74) is 12.5. The molecule has 2 aliphatic rings. The van der Waals surface area contributed by atoms with Crippen LogP contribution in [-0.2, 0) is 24.3 Å². The number of fused-ring (bicyclic) bond motifs is 3. The number of benzene rings is 6. The summed E-state index contributed by atoms with van der Waals surface area (Å²) in [5, 5.41) is 5.44. The first kappa shape index (κ1) is 48.2. The summed E-state index contributed by atoms with van der Waals surface area (Å²) in [6.45, 7) is 27.8. The van der Waals surface area contributed by atoms with Crippen LogP contribution in [0.25, 0.3) is 22.0 Å². The van der Waals surface area contributed by atoms with Crippen molar-refractivity contribution in [1.82, 2.24) is 9.78 Å². The third kappa shape index (κ3) is 14.1. The predicted molar refractivity (Wildman–Crippen MR) is 267 cm³/mol. The lowest BCUT2D eigenvalue weighted by Gasteiger charge is -2.19. The van der Waals surface area contributed by atoms with Gasteiger partial charge in [-0.05, 0) is 103 Å². The van der Waals surface area contributed by atoms with Gasteiger partial charge in [-0.1, -0.05) is 192 Å². The Kier molecular flexibility index (Phi) is 16.8. The highest BCUT2D eigenvalue weighted by molar-refractivity contribution is 5.79. The molecule has 5 heteroatoms. The van der Waals surface area contributed by atoms with E-state index in [1.54, 1.807) is 0 Å². The number of nitrogens with zero attached hydrogens (tertiary/aromatic N) is 2. The van der Waals surface area contributed by atoms with Crippen LogP contribution in [0.4, 0.5) is 0 Å². The van der Waals surface area contributed by atoms with Crippen LogP contribution in [0.2, 0.25) is 0 Å². The fourth-order valence-electron chi connectivity index (χ4n) is 7.11. The van der Waals surface area contributed by atoms with Gasteiger partial charge in [0.15, 0.2) is 11.5 Å². The quantitative estimate of drug-likeness (QED) is 0.177. The molecular weight excluding hydrogens is 773 g/mol. The number of hydrogen-bond donors (Lipinski definition) is 0. The van der Waals surface area contributed by atoms with Gasteiger partial charge < -0.3 is 14.2 Å². The maximum absolute atomic E-state index is 5.43. The third-order valence-corrected chi connectivity index (χ3v) is 11.4. The highest BCUT2D eigenvalue weighted by Gasteiger charge is 2.16. The van der Waals surface area contributed by atoms with E-state index in [1.165, 1.54) is 55.4 Å². The molecule has 0 aliphatic carbocycles. The largest absolute Gasteiger partial charge is 0.493 e. The van der Waals surface area contributed by atoms with Crippen LogP contribution in [0.5, 0.6) is 17.2 Å². The van der Waals surface area contributed by atoms with Crippen molar-refractivity contribution in [2.45, 2.75) is 118 Å². The van der Waals surface area contributed by atoms with Crippen LogP contribution in [0.15, 0.2) is 146 Å². The maximum Gasteiger partial charge on any atom is 0.231 e. The number of aromatic nitrogens is 2. The third-order valence-electron chi connectivity index (χ3n) is 11.4. The fourth-order valence-corrected chi connectivity index (χ4v) is 7.11. The second-order valence-corrected chi connectivity index (χ2v) is 19.4. The summed E-state index contributed by atoms with van der Waals surface area (Å²) in [4.78, 5) is 0. The molecule has 0 unspecified atom stereocenters. The van der Waals surface area contributed by atoms with Crippen molar-refractivity contribution in [3.63, 3.8) is 0 Å². The van der Waals surface area contributed by atoms with Gasteiger partial charge in [0.2, 0.25) is 6.79 Å². The number of rotatable bonds is 4. The van der Waals surface area contributed by atoms with Gasteiger partial charge in [-0.3, -0.25) is 4.68 Å². The van der Waals surface area contributed by atoms with Gasteiger partial charge in [-0.15, -0.1) is 0 Å². The average molecular weight is 845 g/mol. The van der Waals surface area contributed by atoms with E-state index in [9.17, 15) is 0 Å². The van der Waals surface area contributed by atoms with Gasteiger partial charge in [-0.25, -0.2) is 0 Å². The molecule has 0 bridgehead atoms. The number of ether oxygens (including phenoxy) is 3. The van der Waals surface area contributed by atoms with Crippen molar-refractivity contribution in [3.05, 3.63) is 179 Å². The predicted octanol–water partition coefficient (Wildman–Crippen LogP) is 15.6. The van der Waals surface area contributed by atoms with Crippen molar-refractivity contribution in [2.24, 2.45) is 7.05 Å². The molecule has 0 fully saturated rings. The van der Waals surface area contributed by atoms with Gasteiger partial charge in [0.1, 0.15) is 5.75 Å². The molecule has 0 saturated carbocycles. The summed E-state index contributed by atoms with van der Waals surface area (Å²) in [5.74, 6) is 4.57. The van der Waals surface area contributed by atoms with Crippen molar-refractivity contribution < 1.29 is 14.2 Å². The van der Waals surface area contributed by atoms with Gasteiger partial charge in [-0.2, -0.15) is 5.10 Å². The SMILES string of the molecule is CC(C)(C)c1ccc(-c2ccccc2)cc1.CC(C)(C)c1ccccc1.CC(C)c1ccc2c(c1)CCO2.CC(C)c1ccc2c(c1)OCO2.CC(C)c1ccc2c(cnn2C)c1. The molecule has 5 nitrogen and oxygen atoms in total. The summed E-state index contributed by atoms with van der Waals surface area (Å²) < 4.78 is 17.8. The van der Waals surface area contributed by atoms with Gasteiger partial charge in [0, 0.05) is 18.9 Å².